The summed E-state index contributed by atoms with van der Waals surface area (Å²) >= 11 is 0. The topological polar surface area (TPSA) is 95.6 Å². The molecule has 1 heterocycles. The normalized spacial score (nSPS) is 17.5. The number of hydrogen-bond donors (Lipinski definition) is 2. The van der Waals surface area contributed by atoms with E-state index in [2.05, 4.69) is 17.6 Å². The third-order valence-corrected chi connectivity index (χ3v) is 6.40. The van der Waals surface area contributed by atoms with Crippen LogP contribution in [0.5, 0.6) is 0 Å². The van der Waals surface area contributed by atoms with Crippen molar-refractivity contribution >= 4 is 40.1 Å². The molecule has 4 rings (SSSR count). The van der Waals surface area contributed by atoms with Crippen molar-refractivity contribution in [2.75, 3.05) is 11.9 Å². The molecule has 7 nitrogen and oxygen atoms in total. The summed E-state index contributed by atoms with van der Waals surface area (Å²) in [5.74, 6) is -0.899. The minimum atomic E-state index is -1.27. The average Bonchev–Trinajstić information content (AvgIpc) is 3.07. The van der Waals surface area contributed by atoms with Crippen molar-refractivity contribution in [2.45, 2.75) is 45.1 Å². The number of unbranched alkanes of at least 4 members (excludes halogenated alkanes) is 2. The van der Waals surface area contributed by atoms with E-state index in [-0.39, 0.29) is 18.2 Å². The van der Waals surface area contributed by atoms with Gasteiger partial charge in [-0.2, -0.15) is 0 Å². The molecule has 0 saturated carbocycles. The van der Waals surface area contributed by atoms with Crippen molar-refractivity contribution in [3.8, 4) is 0 Å². The molecule has 1 aliphatic heterocycles. The Morgan fingerprint density at radius 1 is 0.943 bits per heavy atom. The molecule has 4 amide bonds. The van der Waals surface area contributed by atoms with Gasteiger partial charge in [-0.3, -0.25) is 19.3 Å². The van der Waals surface area contributed by atoms with Gasteiger partial charge < -0.3 is 10.6 Å². The van der Waals surface area contributed by atoms with Gasteiger partial charge in [0.15, 0.2) is 5.78 Å². The maximum Gasteiger partial charge on any atom is 0.325 e. The van der Waals surface area contributed by atoms with Crippen LogP contribution in [0.15, 0.2) is 66.7 Å². The molecule has 35 heavy (non-hydrogen) atoms. The van der Waals surface area contributed by atoms with E-state index in [1.807, 2.05) is 42.5 Å². The average molecular weight is 472 g/mol. The van der Waals surface area contributed by atoms with Crippen LogP contribution in [-0.2, 0) is 15.1 Å². The molecule has 180 valence electrons. The highest BCUT2D eigenvalue weighted by atomic mass is 16.2. The predicted molar refractivity (Wildman–Crippen MR) is 135 cm³/mol. The maximum absolute atomic E-state index is 13.4. The molecule has 0 aromatic heterocycles. The van der Waals surface area contributed by atoms with Crippen molar-refractivity contribution in [3.63, 3.8) is 0 Å². The third kappa shape index (κ3) is 4.94. The summed E-state index contributed by atoms with van der Waals surface area (Å²) in [5, 5.41) is 7.43. The highest BCUT2D eigenvalue weighted by Gasteiger charge is 2.50. The number of nitrogens with one attached hydrogen (secondary N) is 2. The van der Waals surface area contributed by atoms with E-state index in [1.165, 1.54) is 0 Å². The molecule has 3 aromatic carbocycles. The van der Waals surface area contributed by atoms with Crippen LogP contribution in [0, 0.1) is 0 Å². The molecule has 0 spiro atoms. The number of ketones is 1. The van der Waals surface area contributed by atoms with Gasteiger partial charge in [0, 0.05) is 17.7 Å². The Balaban J connectivity index is 1.46. The minimum Gasteiger partial charge on any atom is -0.326 e. The lowest BCUT2D eigenvalue weighted by molar-refractivity contribution is -0.130. The summed E-state index contributed by atoms with van der Waals surface area (Å²) < 4.78 is 0. The van der Waals surface area contributed by atoms with Crippen LogP contribution in [0.3, 0.4) is 0 Å². The lowest BCUT2D eigenvalue weighted by Crippen LogP contribution is -2.41. The van der Waals surface area contributed by atoms with Crippen molar-refractivity contribution in [3.05, 3.63) is 77.9 Å². The lowest BCUT2D eigenvalue weighted by Gasteiger charge is -2.24. The summed E-state index contributed by atoms with van der Waals surface area (Å²) in [6, 6.07) is 19.1. The molecule has 1 saturated heterocycles. The number of amides is 4. The number of benzene rings is 3. The zero-order chi connectivity index (χ0) is 25.0. The van der Waals surface area contributed by atoms with E-state index in [9.17, 15) is 19.2 Å². The van der Waals surface area contributed by atoms with Crippen molar-refractivity contribution < 1.29 is 19.2 Å². The molecular weight excluding hydrogens is 442 g/mol. The van der Waals surface area contributed by atoms with Gasteiger partial charge in [0.2, 0.25) is 5.91 Å². The van der Waals surface area contributed by atoms with Crippen LogP contribution in [0.4, 0.5) is 10.5 Å². The summed E-state index contributed by atoms with van der Waals surface area (Å²) in [6.45, 7) is 3.38. The van der Waals surface area contributed by atoms with Gasteiger partial charge in [0.25, 0.3) is 5.91 Å². The molecule has 0 bridgehead atoms. The fourth-order valence-corrected chi connectivity index (χ4v) is 4.42. The summed E-state index contributed by atoms with van der Waals surface area (Å²) in [5.41, 5.74) is 0.363. The number of carbonyl (C=O) groups is 4. The fourth-order valence-electron chi connectivity index (χ4n) is 4.42. The lowest BCUT2D eigenvalue weighted by atomic mass is 9.88. The highest BCUT2D eigenvalue weighted by Crippen LogP contribution is 2.34. The minimum absolute atomic E-state index is 0.0652. The molecule has 3 aromatic rings. The molecule has 0 aliphatic carbocycles. The number of imide groups is 1. The monoisotopic (exact) mass is 471 g/mol. The van der Waals surface area contributed by atoms with E-state index in [0.717, 1.165) is 34.9 Å². The van der Waals surface area contributed by atoms with Crippen LogP contribution in [0.25, 0.3) is 10.8 Å². The van der Waals surface area contributed by atoms with Gasteiger partial charge >= 0.3 is 6.03 Å². The second-order valence-electron chi connectivity index (χ2n) is 8.98. The highest BCUT2D eigenvalue weighted by molar-refractivity contribution is 6.12. The number of hydrogen-bond acceptors (Lipinski definition) is 4. The van der Waals surface area contributed by atoms with Gasteiger partial charge in [-0.15, -0.1) is 0 Å². The molecular formula is C28H29N3O4. The number of fused-ring (bicyclic) bond motifs is 1. The number of urea groups is 1. The Kier molecular flexibility index (Phi) is 6.96. The van der Waals surface area contributed by atoms with Gasteiger partial charge in [0.1, 0.15) is 5.54 Å². The van der Waals surface area contributed by atoms with Crippen LogP contribution < -0.4 is 10.6 Å². The van der Waals surface area contributed by atoms with Crippen molar-refractivity contribution in [1.82, 2.24) is 10.2 Å². The number of rotatable bonds is 9. The van der Waals surface area contributed by atoms with E-state index >= 15 is 0 Å². The van der Waals surface area contributed by atoms with E-state index < -0.39 is 17.5 Å². The smallest absolute Gasteiger partial charge is 0.325 e. The van der Waals surface area contributed by atoms with Crippen LogP contribution in [0.1, 0.15) is 55.5 Å². The third-order valence-electron chi connectivity index (χ3n) is 6.40. The first kappa shape index (κ1) is 24.1. The van der Waals surface area contributed by atoms with Crippen LogP contribution >= 0.6 is 0 Å². The Bertz CT molecular complexity index is 1280. The first-order valence-corrected chi connectivity index (χ1v) is 11.9. The van der Waals surface area contributed by atoms with Crippen molar-refractivity contribution in [2.24, 2.45) is 0 Å². The second kappa shape index (κ2) is 10.1. The molecule has 0 radical (unpaired) electrons. The molecule has 1 atom stereocenters. The van der Waals surface area contributed by atoms with Gasteiger partial charge in [-0.05, 0) is 53.9 Å². The zero-order valence-corrected chi connectivity index (χ0v) is 20.0. The molecule has 1 fully saturated rings. The van der Waals surface area contributed by atoms with E-state index in [0.29, 0.717) is 23.2 Å². The van der Waals surface area contributed by atoms with Crippen molar-refractivity contribution in [1.29, 1.82) is 0 Å². The fraction of sp³-hybridized carbons (Fsp3) is 0.286. The second-order valence-corrected chi connectivity index (χ2v) is 8.98. The Labute approximate surface area is 204 Å². The first-order chi connectivity index (χ1) is 16.8. The van der Waals surface area contributed by atoms with E-state index in [4.69, 9.17) is 0 Å². The Hall–Kier alpha value is -4.00. The zero-order valence-electron chi connectivity index (χ0n) is 20.0. The SMILES string of the molecule is CCCCCC(=O)Nc1ccc(C(=O)CN2C(=O)N[C@@](C)(c3cccc4ccccc34)C2=O)cc1. The van der Waals surface area contributed by atoms with Gasteiger partial charge in [0.05, 0.1) is 6.54 Å². The quantitative estimate of drug-likeness (QED) is 0.261. The molecule has 1 aliphatic rings. The summed E-state index contributed by atoms with van der Waals surface area (Å²) in [7, 11) is 0. The predicted octanol–water partition coefficient (Wildman–Crippen LogP) is 5.01. The largest absolute Gasteiger partial charge is 0.326 e. The summed E-state index contributed by atoms with van der Waals surface area (Å²) in [6.07, 6.45) is 3.34. The van der Waals surface area contributed by atoms with E-state index in [1.54, 1.807) is 31.2 Å². The number of nitrogens with zero attached hydrogens (tertiary/aromatic N) is 1. The first-order valence-electron chi connectivity index (χ1n) is 11.9. The van der Waals surface area contributed by atoms with Crippen LogP contribution in [0.2, 0.25) is 0 Å². The molecule has 0 unspecified atom stereocenters. The summed E-state index contributed by atoms with van der Waals surface area (Å²) in [4.78, 5) is 52.0. The Morgan fingerprint density at radius 2 is 1.66 bits per heavy atom. The number of anilines is 1. The molecule has 7 heteroatoms. The molecule has 2 N–H and O–H groups in total. The maximum atomic E-state index is 13.4. The Morgan fingerprint density at radius 3 is 2.40 bits per heavy atom. The van der Waals surface area contributed by atoms with Gasteiger partial charge in [-0.25, -0.2) is 4.79 Å². The van der Waals surface area contributed by atoms with Crippen LogP contribution in [-0.4, -0.2) is 35.1 Å². The standard InChI is InChI=1S/C28H29N3O4/c1-3-4-5-13-25(33)29-21-16-14-20(15-17-21)24(32)18-31-26(34)28(2,30-27(31)35)23-12-8-10-19-9-6-7-11-22(19)23/h6-12,14-17H,3-5,13,18H2,1-2H3,(H,29,33)(H,30,35)/t28-/m0/s1. The number of carbonyl (C=O) groups excluding carboxylic acids is 4. The van der Waals surface area contributed by atoms with Gasteiger partial charge in [-0.1, -0.05) is 62.2 Å². The number of Topliss-reactive ketones (excluding diaryl/α,β-unsaturated/α-hetero) is 1.